The van der Waals surface area contributed by atoms with E-state index in [2.05, 4.69) is 0 Å². The first-order valence-electron chi connectivity index (χ1n) is 5.55. The van der Waals surface area contributed by atoms with Crippen molar-refractivity contribution in [2.45, 2.75) is 39.7 Å². The number of primary amides is 1. The van der Waals surface area contributed by atoms with Gasteiger partial charge in [0.1, 0.15) is 5.60 Å². The van der Waals surface area contributed by atoms with E-state index in [1.807, 2.05) is 39.8 Å². The molecule has 4 nitrogen and oxygen atoms in total. The molecule has 0 spiro atoms. The lowest BCUT2D eigenvalue weighted by Crippen LogP contribution is -2.33. The molecule has 0 aromatic heterocycles. The zero-order chi connectivity index (χ0) is 13.2. The Morgan fingerprint density at radius 2 is 1.88 bits per heavy atom. The van der Waals surface area contributed by atoms with Crippen LogP contribution in [0.4, 0.5) is 10.5 Å². The third-order valence-corrected chi connectivity index (χ3v) is 2.72. The molecule has 0 fully saturated rings. The Morgan fingerprint density at radius 3 is 2.41 bits per heavy atom. The SMILES string of the molecule is Cc1cc(CC(C)(C)OC(N)=O)c(C)cc1N. The number of amides is 1. The van der Waals surface area contributed by atoms with Gasteiger partial charge in [-0.05, 0) is 50.5 Å². The molecule has 4 N–H and O–H groups in total. The molecule has 1 aromatic carbocycles. The predicted octanol–water partition coefficient (Wildman–Crippen LogP) is 2.30. The van der Waals surface area contributed by atoms with E-state index in [1.54, 1.807) is 0 Å². The number of nitrogens with two attached hydrogens (primary N) is 2. The number of anilines is 1. The number of rotatable bonds is 3. The first-order valence-corrected chi connectivity index (χ1v) is 5.55. The van der Waals surface area contributed by atoms with Gasteiger partial charge in [0.15, 0.2) is 0 Å². The first kappa shape index (κ1) is 13.4. The van der Waals surface area contributed by atoms with Crippen molar-refractivity contribution in [1.29, 1.82) is 0 Å². The summed E-state index contributed by atoms with van der Waals surface area (Å²) in [5.74, 6) is 0. The maximum absolute atomic E-state index is 10.8. The molecule has 0 atom stereocenters. The Morgan fingerprint density at radius 1 is 1.29 bits per heavy atom. The van der Waals surface area contributed by atoms with Gasteiger partial charge in [0.2, 0.25) is 0 Å². The Bertz CT molecular complexity index is 439. The number of aryl methyl sites for hydroxylation is 2. The number of hydrogen-bond donors (Lipinski definition) is 2. The Kier molecular flexibility index (Phi) is 3.66. The van der Waals surface area contributed by atoms with Crippen LogP contribution in [0.25, 0.3) is 0 Å². The molecule has 0 aliphatic heterocycles. The lowest BCUT2D eigenvalue weighted by Gasteiger charge is -2.25. The highest BCUT2D eigenvalue weighted by molar-refractivity contribution is 5.65. The van der Waals surface area contributed by atoms with Crippen LogP contribution >= 0.6 is 0 Å². The van der Waals surface area contributed by atoms with Crippen LogP contribution < -0.4 is 11.5 Å². The summed E-state index contributed by atoms with van der Waals surface area (Å²) in [5, 5.41) is 0. The van der Waals surface area contributed by atoms with Crippen LogP contribution in [0, 0.1) is 13.8 Å². The summed E-state index contributed by atoms with van der Waals surface area (Å²) < 4.78 is 5.07. The lowest BCUT2D eigenvalue weighted by atomic mass is 9.93. The minimum absolute atomic E-state index is 0.612. The molecule has 0 radical (unpaired) electrons. The van der Waals surface area contributed by atoms with Crippen LogP contribution in [0.15, 0.2) is 12.1 Å². The van der Waals surface area contributed by atoms with E-state index in [-0.39, 0.29) is 0 Å². The fraction of sp³-hybridized carbons (Fsp3) is 0.462. The van der Waals surface area contributed by atoms with Crippen molar-refractivity contribution in [3.05, 3.63) is 28.8 Å². The van der Waals surface area contributed by atoms with Crippen molar-refractivity contribution in [1.82, 2.24) is 0 Å². The van der Waals surface area contributed by atoms with Crippen molar-refractivity contribution in [2.24, 2.45) is 5.73 Å². The highest BCUT2D eigenvalue weighted by Gasteiger charge is 2.23. The summed E-state index contributed by atoms with van der Waals surface area (Å²) in [7, 11) is 0. The van der Waals surface area contributed by atoms with E-state index < -0.39 is 11.7 Å². The molecule has 17 heavy (non-hydrogen) atoms. The fourth-order valence-corrected chi connectivity index (χ4v) is 1.86. The molecule has 0 saturated carbocycles. The fourth-order valence-electron chi connectivity index (χ4n) is 1.86. The molecule has 0 heterocycles. The summed E-state index contributed by atoms with van der Waals surface area (Å²) in [4.78, 5) is 10.8. The highest BCUT2D eigenvalue weighted by atomic mass is 16.6. The highest BCUT2D eigenvalue weighted by Crippen LogP contribution is 2.23. The number of ether oxygens (including phenoxy) is 1. The summed E-state index contributed by atoms with van der Waals surface area (Å²) in [6.45, 7) is 7.62. The van der Waals surface area contributed by atoms with Crippen LogP contribution in [0.2, 0.25) is 0 Å². The number of carbonyl (C=O) groups excluding carboxylic acids is 1. The van der Waals surface area contributed by atoms with Gasteiger partial charge in [-0.3, -0.25) is 0 Å². The van der Waals surface area contributed by atoms with E-state index >= 15 is 0 Å². The van der Waals surface area contributed by atoms with E-state index in [0.29, 0.717) is 6.42 Å². The topological polar surface area (TPSA) is 78.3 Å². The molecule has 1 amide bonds. The van der Waals surface area contributed by atoms with Gasteiger partial charge in [0, 0.05) is 12.1 Å². The Labute approximate surface area is 102 Å². The minimum atomic E-state index is -0.750. The van der Waals surface area contributed by atoms with Crippen molar-refractivity contribution in [2.75, 3.05) is 5.73 Å². The maximum atomic E-state index is 10.8. The third kappa shape index (κ3) is 3.66. The van der Waals surface area contributed by atoms with Crippen LogP contribution in [-0.4, -0.2) is 11.7 Å². The normalized spacial score (nSPS) is 11.3. The summed E-state index contributed by atoms with van der Waals surface area (Å²) in [5.41, 5.74) is 14.3. The van der Waals surface area contributed by atoms with E-state index in [1.165, 1.54) is 0 Å². The number of benzene rings is 1. The monoisotopic (exact) mass is 236 g/mol. The smallest absolute Gasteiger partial charge is 0.405 e. The quantitative estimate of drug-likeness (QED) is 0.790. The molecule has 0 saturated heterocycles. The summed E-state index contributed by atoms with van der Waals surface area (Å²) in [6, 6.07) is 3.96. The maximum Gasteiger partial charge on any atom is 0.405 e. The van der Waals surface area contributed by atoms with Gasteiger partial charge in [-0.25, -0.2) is 4.79 Å². The molecule has 0 aliphatic carbocycles. The molecule has 0 unspecified atom stereocenters. The summed E-state index contributed by atoms with van der Waals surface area (Å²) in [6.07, 6.45) is -0.136. The molecular weight excluding hydrogens is 216 g/mol. The molecular formula is C13H20N2O2. The average Bonchev–Trinajstić information content (AvgIpc) is 2.11. The van der Waals surface area contributed by atoms with Crippen molar-refractivity contribution >= 4 is 11.8 Å². The second-order valence-corrected chi connectivity index (χ2v) is 4.99. The Hall–Kier alpha value is -1.71. The lowest BCUT2D eigenvalue weighted by molar-refractivity contribution is 0.0459. The largest absolute Gasteiger partial charge is 0.443 e. The van der Waals surface area contributed by atoms with Crippen LogP contribution in [0.3, 0.4) is 0 Å². The molecule has 1 rings (SSSR count). The molecule has 4 heteroatoms. The van der Waals surface area contributed by atoms with Gasteiger partial charge in [-0.2, -0.15) is 0 Å². The van der Waals surface area contributed by atoms with Crippen LogP contribution in [-0.2, 0) is 11.2 Å². The predicted molar refractivity (Wildman–Crippen MR) is 68.8 cm³/mol. The average molecular weight is 236 g/mol. The standard InChI is InChI=1S/C13H20N2O2/c1-8-6-11(14)9(2)5-10(8)7-13(3,4)17-12(15)16/h5-6H,7,14H2,1-4H3,(H2,15,16). The molecule has 1 aromatic rings. The summed E-state index contributed by atoms with van der Waals surface area (Å²) >= 11 is 0. The van der Waals surface area contributed by atoms with E-state index in [4.69, 9.17) is 16.2 Å². The van der Waals surface area contributed by atoms with Gasteiger partial charge in [-0.15, -0.1) is 0 Å². The van der Waals surface area contributed by atoms with E-state index in [9.17, 15) is 4.79 Å². The molecule has 0 bridgehead atoms. The van der Waals surface area contributed by atoms with E-state index in [0.717, 1.165) is 22.4 Å². The zero-order valence-corrected chi connectivity index (χ0v) is 10.8. The Balaban J connectivity index is 2.95. The minimum Gasteiger partial charge on any atom is -0.443 e. The van der Waals surface area contributed by atoms with Gasteiger partial charge in [0.05, 0.1) is 0 Å². The second-order valence-electron chi connectivity index (χ2n) is 4.99. The number of hydrogen-bond acceptors (Lipinski definition) is 3. The number of nitrogen functional groups attached to an aromatic ring is 1. The van der Waals surface area contributed by atoms with Gasteiger partial charge in [0.25, 0.3) is 0 Å². The van der Waals surface area contributed by atoms with Crippen LogP contribution in [0.5, 0.6) is 0 Å². The van der Waals surface area contributed by atoms with Gasteiger partial charge < -0.3 is 16.2 Å². The molecule has 94 valence electrons. The number of carbonyl (C=O) groups is 1. The van der Waals surface area contributed by atoms with Gasteiger partial charge >= 0.3 is 6.09 Å². The van der Waals surface area contributed by atoms with Crippen LogP contribution in [0.1, 0.15) is 30.5 Å². The van der Waals surface area contributed by atoms with Crippen molar-refractivity contribution < 1.29 is 9.53 Å². The van der Waals surface area contributed by atoms with Crippen molar-refractivity contribution in [3.8, 4) is 0 Å². The second kappa shape index (κ2) is 4.65. The van der Waals surface area contributed by atoms with Crippen molar-refractivity contribution in [3.63, 3.8) is 0 Å². The third-order valence-electron chi connectivity index (χ3n) is 2.72. The molecule has 0 aliphatic rings. The first-order chi connectivity index (χ1) is 7.71. The van der Waals surface area contributed by atoms with Gasteiger partial charge in [-0.1, -0.05) is 6.07 Å². The zero-order valence-electron chi connectivity index (χ0n) is 10.8.